The summed E-state index contributed by atoms with van der Waals surface area (Å²) in [6.07, 6.45) is 4.95. The van der Waals surface area contributed by atoms with E-state index in [9.17, 15) is 4.79 Å². The maximum Gasteiger partial charge on any atom is 0.352 e. The molecule has 0 spiro atoms. The first-order valence-electron chi connectivity index (χ1n) is 5.78. The Kier molecular flexibility index (Phi) is 5.58. The van der Waals surface area contributed by atoms with E-state index in [1.54, 1.807) is 0 Å². The van der Waals surface area contributed by atoms with Gasteiger partial charge in [-0.1, -0.05) is 0 Å². The van der Waals surface area contributed by atoms with E-state index in [1.165, 1.54) is 10.9 Å². The summed E-state index contributed by atoms with van der Waals surface area (Å²) in [7, 11) is 0. The third-order valence-electron chi connectivity index (χ3n) is 2.54. The molecule has 1 heterocycles. The molecular formula is C10H20N6O. The molecule has 1 aromatic heterocycles. The van der Waals surface area contributed by atoms with Crippen LogP contribution in [0, 0.1) is 0 Å². The molecule has 0 fully saturated rings. The van der Waals surface area contributed by atoms with Crippen LogP contribution in [0.3, 0.4) is 0 Å². The number of nitrogens with two attached hydrogens (primary N) is 3. The summed E-state index contributed by atoms with van der Waals surface area (Å²) in [6, 6.07) is 0.143. The SMILES string of the molecule is NCCC[C@H](N)CCCn1cnc(N)nc1=O. The fraction of sp³-hybridized carbons (Fsp3) is 0.700. The van der Waals surface area contributed by atoms with Gasteiger partial charge in [-0.2, -0.15) is 4.98 Å². The molecule has 0 saturated heterocycles. The molecule has 0 aliphatic carbocycles. The van der Waals surface area contributed by atoms with E-state index in [4.69, 9.17) is 17.2 Å². The second kappa shape index (κ2) is 6.97. The molecule has 1 aromatic rings. The van der Waals surface area contributed by atoms with Crippen LogP contribution < -0.4 is 22.9 Å². The van der Waals surface area contributed by atoms with E-state index < -0.39 is 0 Å². The first kappa shape index (κ1) is 13.6. The van der Waals surface area contributed by atoms with Crippen LogP contribution in [0.2, 0.25) is 0 Å². The van der Waals surface area contributed by atoms with Gasteiger partial charge in [-0.15, -0.1) is 0 Å². The quantitative estimate of drug-likeness (QED) is 0.565. The Morgan fingerprint density at radius 3 is 2.71 bits per heavy atom. The van der Waals surface area contributed by atoms with Crippen molar-refractivity contribution >= 4 is 5.95 Å². The van der Waals surface area contributed by atoms with Crippen molar-refractivity contribution in [3.63, 3.8) is 0 Å². The highest BCUT2D eigenvalue weighted by molar-refractivity contribution is 5.09. The Labute approximate surface area is 100 Å². The molecule has 0 aromatic carbocycles. The van der Waals surface area contributed by atoms with Crippen LogP contribution in [-0.4, -0.2) is 27.1 Å². The zero-order valence-corrected chi connectivity index (χ0v) is 9.88. The highest BCUT2D eigenvalue weighted by Gasteiger charge is 2.03. The molecule has 17 heavy (non-hydrogen) atoms. The van der Waals surface area contributed by atoms with Crippen LogP contribution in [0.15, 0.2) is 11.1 Å². The normalized spacial score (nSPS) is 12.6. The molecule has 6 N–H and O–H groups in total. The van der Waals surface area contributed by atoms with E-state index in [1.807, 2.05) is 0 Å². The van der Waals surface area contributed by atoms with Gasteiger partial charge in [0.1, 0.15) is 6.33 Å². The molecule has 7 heteroatoms. The number of hydrogen-bond acceptors (Lipinski definition) is 6. The van der Waals surface area contributed by atoms with Crippen LogP contribution >= 0.6 is 0 Å². The van der Waals surface area contributed by atoms with Gasteiger partial charge in [0.15, 0.2) is 0 Å². The number of nitrogens with zero attached hydrogens (tertiary/aromatic N) is 3. The third kappa shape index (κ3) is 4.92. The highest BCUT2D eigenvalue weighted by atomic mass is 16.1. The minimum absolute atomic E-state index is 0.00546. The fourth-order valence-electron chi connectivity index (χ4n) is 1.57. The van der Waals surface area contributed by atoms with Crippen LogP contribution in [0.5, 0.6) is 0 Å². The smallest absolute Gasteiger partial charge is 0.352 e. The van der Waals surface area contributed by atoms with Gasteiger partial charge in [0.05, 0.1) is 0 Å². The molecule has 0 bridgehead atoms. The lowest BCUT2D eigenvalue weighted by atomic mass is 10.1. The molecule has 1 atom stereocenters. The Hall–Kier alpha value is -1.47. The molecular weight excluding hydrogens is 220 g/mol. The number of nitrogen functional groups attached to an aromatic ring is 1. The standard InChI is InChI=1S/C10H20N6O/c11-5-1-3-8(12)4-2-6-16-7-14-9(13)15-10(16)17/h7-8H,1-6,11-12H2,(H2,13,15,17)/t8-/m0/s1. The Bertz CT molecular complexity index is 391. The van der Waals surface area contributed by atoms with E-state index in [0.717, 1.165) is 25.7 Å². The topological polar surface area (TPSA) is 126 Å². The first-order chi connectivity index (χ1) is 8.13. The summed E-state index contributed by atoms with van der Waals surface area (Å²) in [4.78, 5) is 18.7. The molecule has 0 unspecified atom stereocenters. The first-order valence-corrected chi connectivity index (χ1v) is 5.78. The van der Waals surface area contributed by atoms with E-state index in [2.05, 4.69) is 9.97 Å². The Morgan fingerprint density at radius 2 is 2.06 bits per heavy atom. The van der Waals surface area contributed by atoms with Crippen LogP contribution in [0.4, 0.5) is 5.95 Å². The molecule has 0 amide bonds. The maximum absolute atomic E-state index is 11.4. The second-order valence-electron chi connectivity index (χ2n) is 4.02. The van der Waals surface area contributed by atoms with Crippen LogP contribution in [-0.2, 0) is 6.54 Å². The van der Waals surface area contributed by atoms with E-state index in [-0.39, 0.29) is 17.7 Å². The highest BCUT2D eigenvalue weighted by Crippen LogP contribution is 2.02. The molecule has 0 aliphatic heterocycles. The van der Waals surface area contributed by atoms with Crippen molar-refractivity contribution in [1.82, 2.24) is 14.5 Å². The lowest BCUT2D eigenvalue weighted by Gasteiger charge is -2.10. The average molecular weight is 240 g/mol. The lowest BCUT2D eigenvalue weighted by Crippen LogP contribution is -2.26. The van der Waals surface area contributed by atoms with Gasteiger partial charge in [-0.05, 0) is 32.2 Å². The van der Waals surface area contributed by atoms with Crippen molar-refractivity contribution in [1.29, 1.82) is 0 Å². The van der Waals surface area contributed by atoms with E-state index >= 15 is 0 Å². The Morgan fingerprint density at radius 1 is 1.35 bits per heavy atom. The molecule has 0 saturated carbocycles. The van der Waals surface area contributed by atoms with Crippen molar-refractivity contribution in [3.05, 3.63) is 16.8 Å². The number of rotatable bonds is 7. The number of anilines is 1. The summed E-state index contributed by atoms with van der Waals surface area (Å²) in [5.41, 5.74) is 16.2. The number of hydrogen-bond donors (Lipinski definition) is 3. The average Bonchev–Trinajstić information content (AvgIpc) is 2.29. The van der Waals surface area contributed by atoms with Gasteiger partial charge >= 0.3 is 5.69 Å². The van der Waals surface area contributed by atoms with E-state index in [0.29, 0.717) is 13.1 Å². The predicted octanol–water partition coefficient (Wildman–Crippen LogP) is -0.933. The zero-order chi connectivity index (χ0) is 12.7. The van der Waals surface area contributed by atoms with Gasteiger partial charge in [0.25, 0.3) is 0 Å². The lowest BCUT2D eigenvalue weighted by molar-refractivity contribution is 0.490. The summed E-state index contributed by atoms with van der Waals surface area (Å²) in [5, 5.41) is 0. The maximum atomic E-state index is 11.4. The van der Waals surface area contributed by atoms with Gasteiger partial charge in [-0.3, -0.25) is 4.57 Å². The van der Waals surface area contributed by atoms with Gasteiger partial charge in [0, 0.05) is 12.6 Å². The van der Waals surface area contributed by atoms with Crippen LogP contribution in [0.25, 0.3) is 0 Å². The number of aromatic nitrogens is 3. The van der Waals surface area contributed by atoms with Gasteiger partial charge in [-0.25, -0.2) is 9.78 Å². The summed E-state index contributed by atoms with van der Waals surface area (Å²) in [6.45, 7) is 1.23. The summed E-state index contributed by atoms with van der Waals surface area (Å²) < 4.78 is 1.44. The molecule has 0 radical (unpaired) electrons. The summed E-state index contributed by atoms with van der Waals surface area (Å²) >= 11 is 0. The fourth-order valence-corrected chi connectivity index (χ4v) is 1.57. The Balaban J connectivity index is 2.33. The molecule has 96 valence electrons. The largest absolute Gasteiger partial charge is 0.368 e. The molecule has 0 aliphatic rings. The van der Waals surface area contributed by atoms with Crippen molar-refractivity contribution < 1.29 is 0 Å². The summed E-state index contributed by atoms with van der Waals surface area (Å²) in [5.74, 6) is 0.00546. The predicted molar refractivity (Wildman–Crippen MR) is 66.2 cm³/mol. The molecule has 7 nitrogen and oxygen atoms in total. The van der Waals surface area contributed by atoms with Gasteiger partial charge in [0.2, 0.25) is 5.95 Å². The van der Waals surface area contributed by atoms with Gasteiger partial charge < -0.3 is 17.2 Å². The van der Waals surface area contributed by atoms with Crippen molar-refractivity contribution in [2.45, 2.75) is 38.3 Å². The second-order valence-corrected chi connectivity index (χ2v) is 4.02. The third-order valence-corrected chi connectivity index (χ3v) is 2.54. The molecule has 1 rings (SSSR count). The number of aryl methyl sites for hydroxylation is 1. The van der Waals surface area contributed by atoms with Crippen molar-refractivity contribution in [3.8, 4) is 0 Å². The van der Waals surface area contributed by atoms with Crippen molar-refractivity contribution in [2.75, 3.05) is 12.3 Å². The van der Waals surface area contributed by atoms with Crippen LogP contribution in [0.1, 0.15) is 25.7 Å². The minimum atomic E-state index is -0.368. The zero-order valence-electron chi connectivity index (χ0n) is 9.88. The minimum Gasteiger partial charge on any atom is -0.368 e. The monoisotopic (exact) mass is 240 g/mol. The van der Waals surface area contributed by atoms with Crippen molar-refractivity contribution in [2.24, 2.45) is 11.5 Å².